The van der Waals surface area contributed by atoms with Crippen molar-refractivity contribution >= 4 is 23.5 Å². The summed E-state index contributed by atoms with van der Waals surface area (Å²) in [4.78, 5) is 24.8. The average Bonchev–Trinajstić information content (AvgIpc) is 2.26. The van der Waals surface area contributed by atoms with Crippen molar-refractivity contribution in [1.82, 2.24) is 4.90 Å². The van der Waals surface area contributed by atoms with E-state index in [4.69, 9.17) is 16.3 Å². The number of rotatable bonds is 8. The van der Waals surface area contributed by atoms with E-state index in [1.54, 1.807) is 11.8 Å². The van der Waals surface area contributed by atoms with Crippen LogP contribution in [0.2, 0.25) is 0 Å². The molecule has 0 fully saturated rings. The molecule has 0 aromatic rings. The quantitative estimate of drug-likeness (QED) is 0.383. The van der Waals surface area contributed by atoms with Crippen molar-refractivity contribution in [2.24, 2.45) is 0 Å². The molecule has 0 rings (SSSR count). The number of halogens is 1. The molecule has 1 amide bonds. The molecule has 0 aromatic carbocycles. The van der Waals surface area contributed by atoms with Crippen LogP contribution < -0.4 is 0 Å². The van der Waals surface area contributed by atoms with Crippen LogP contribution >= 0.6 is 11.6 Å². The number of carbonyl (C=O) groups excluding carboxylic acids is 2. The number of hydrogen-bond donors (Lipinski definition) is 0. The van der Waals surface area contributed by atoms with Gasteiger partial charge in [-0.25, -0.2) is 0 Å². The van der Waals surface area contributed by atoms with Crippen molar-refractivity contribution in [2.75, 3.05) is 19.0 Å². The van der Waals surface area contributed by atoms with Crippen molar-refractivity contribution in [1.29, 1.82) is 0 Å². The largest absolute Gasteiger partial charge is 0.465 e. The van der Waals surface area contributed by atoms with Gasteiger partial charge in [0.25, 0.3) is 0 Å². The highest BCUT2D eigenvalue weighted by Gasteiger charge is 2.20. The summed E-state index contributed by atoms with van der Waals surface area (Å²) < 4.78 is 4.84. The van der Waals surface area contributed by atoms with Gasteiger partial charge >= 0.3 is 5.97 Å². The van der Waals surface area contributed by atoms with Crippen molar-refractivity contribution in [3.8, 4) is 0 Å². The monoisotopic (exact) mass is 263 g/mol. The van der Waals surface area contributed by atoms with E-state index >= 15 is 0 Å². The number of nitrogens with zero attached hydrogens (tertiary/aromatic N) is 1. The standard InChI is InChI=1S/C12H22ClNO3/c1-4-17-12(16)9-14(10(2)3)11(15)7-5-6-8-13/h10H,4-9H2,1-3H3. The summed E-state index contributed by atoms with van der Waals surface area (Å²) in [5.41, 5.74) is 0. The van der Waals surface area contributed by atoms with Crippen molar-refractivity contribution in [3.63, 3.8) is 0 Å². The Morgan fingerprint density at radius 3 is 2.41 bits per heavy atom. The van der Waals surface area contributed by atoms with Crippen LogP contribution in [0.3, 0.4) is 0 Å². The summed E-state index contributed by atoms with van der Waals surface area (Å²) in [5.74, 6) is 0.192. The van der Waals surface area contributed by atoms with Gasteiger partial charge in [-0.05, 0) is 33.6 Å². The van der Waals surface area contributed by atoms with Crippen molar-refractivity contribution in [2.45, 2.75) is 46.1 Å². The third-order valence-electron chi connectivity index (χ3n) is 2.32. The van der Waals surface area contributed by atoms with Crippen LogP contribution in [0, 0.1) is 0 Å². The smallest absolute Gasteiger partial charge is 0.325 e. The van der Waals surface area contributed by atoms with Crippen LogP contribution in [0.25, 0.3) is 0 Å². The lowest BCUT2D eigenvalue weighted by Gasteiger charge is -2.25. The third kappa shape index (κ3) is 7.21. The molecule has 0 unspecified atom stereocenters. The third-order valence-corrected chi connectivity index (χ3v) is 2.59. The van der Waals surface area contributed by atoms with Gasteiger partial charge < -0.3 is 9.64 Å². The predicted molar refractivity (Wildman–Crippen MR) is 68.1 cm³/mol. The molecule has 0 spiro atoms. The summed E-state index contributed by atoms with van der Waals surface area (Å²) >= 11 is 5.55. The summed E-state index contributed by atoms with van der Waals surface area (Å²) in [7, 11) is 0. The molecule has 0 aliphatic rings. The fourth-order valence-corrected chi connectivity index (χ4v) is 1.61. The second kappa shape index (κ2) is 9.28. The number of ether oxygens (including phenoxy) is 1. The second-order valence-electron chi connectivity index (χ2n) is 4.07. The molecule has 0 heterocycles. The molecule has 100 valence electrons. The van der Waals surface area contributed by atoms with E-state index < -0.39 is 0 Å². The maximum atomic E-state index is 11.9. The Morgan fingerprint density at radius 1 is 1.29 bits per heavy atom. The number of esters is 1. The lowest BCUT2D eigenvalue weighted by molar-refractivity contribution is -0.150. The molecule has 4 nitrogen and oxygen atoms in total. The van der Waals surface area contributed by atoms with Gasteiger partial charge in [-0.15, -0.1) is 11.6 Å². The van der Waals surface area contributed by atoms with Crippen LogP contribution in [0.4, 0.5) is 0 Å². The van der Waals surface area contributed by atoms with Gasteiger partial charge in [0.1, 0.15) is 6.54 Å². The Labute approximate surface area is 108 Å². The lowest BCUT2D eigenvalue weighted by Crippen LogP contribution is -2.41. The van der Waals surface area contributed by atoms with Crippen LogP contribution in [0.5, 0.6) is 0 Å². The average molecular weight is 264 g/mol. The van der Waals surface area contributed by atoms with E-state index in [9.17, 15) is 9.59 Å². The number of unbranched alkanes of at least 4 members (excludes halogenated alkanes) is 1. The molecule has 0 aromatic heterocycles. The lowest BCUT2D eigenvalue weighted by atomic mass is 10.2. The van der Waals surface area contributed by atoms with Crippen LogP contribution in [-0.2, 0) is 14.3 Å². The first-order valence-electron chi connectivity index (χ1n) is 6.04. The number of amides is 1. The molecule has 0 saturated heterocycles. The van der Waals surface area contributed by atoms with E-state index in [1.165, 1.54) is 0 Å². The van der Waals surface area contributed by atoms with Gasteiger partial charge in [0.05, 0.1) is 6.61 Å². The van der Waals surface area contributed by atoms with E-state index in [0.29, 0.717) is 18.9 Å². The first-order valence-corrected chi connectivity index (χ1v) is 6.57. The molecule has 17 heavy (non-hydrogen) atoms. The molecule has 0 N–H and O–H groups in total. The van der Waals surface area contributed by atoms with Gasteiger partial charge in [-0.1, -0.05) is 0 Å². The van der Waals surface area contributed by atoms with Gasteiger partial charge in [0, 0.05) is 18.3 Å². The van der Waals surface area contributed by atoms with E-state index in [1.807, 2.05) is 13.8 Å². The minimum Gasteiger partial charge on any atom is -0.465 e. The highest BCUT2D eigenvalue weighted by Crippen LogP contribution is 2.06. The molecule has 0 radical (unpaired) electrons. The Balaban J connectivity index is 4.21. The zero-order valence-electron chi connectivity index (χ0n) is 10.9. The summed E-state index contributed by atoms with van der Waals surface area (Å²) in [6.45, 7) is 5.90. The molecule has 0 bridgehead atoms. The molecule has 0 aliphatic carbocycles. The normalized spacial score (nSPS) is 10.4. The Hall–Kier alpha value is -0.770. The summed E-state index contributed by atoms with van der Waals surface area (Å²) in [6, 6.07) is 0.00269. The number of alkyl halides is 1. The summed E-state index contributed by atoms with van der Waals surface area (Å²) in [6.07, 6.45) is 2.01. The second-order valence-corrected chi connectivity index (χ2v) is 4.44. The Kier molecular flexibility index (Phi) is 8.86. The van der Waals surface area contributed by atoms with E-state index in [0.717, 1.165) is 12.8 Å². The highest BCUT2D eigenvalue weighted by atomic mass is 35.5. The van der Waals surface area contributed by atoms with Gasteiger partial charge in [0.15, 0.2) is 0 Å². The van der Waals surface area contributed by atoms with Crippen LogP contribution in [0.1, 0.15) is 40.0 Å². The van der Waals surface area contributed by atoms with Gasteiger partial charge in [-0.2, -0.15) is 0 Å². The molecular formula is C12H22ClNO3. The first kappa shape index (κ1) is 16.2. The zero-order chi connectivity index (χ0) is 13.3. The van der Waals surface area contributed by atoms with E-state index in [2.05, 4.69) is 0 Å². The van der Waals surface area contributed by atoms with Crippen molar-refractivity contribution < 1.29 is 14.3 Å². The maximum Gasteiger partial charge on any atom is 0.325 e. The van der Waals surface area contributed by atoms with Crippen LogP contribution in [-0.4, -0.2) is 41.8 Å². The molecule has 5 heteroatoms. The SMILES string of the molecule is CCOC(=O)CN(C(=O)CCCCCl)C(C)C. The first-order chi connectivity index (χ1) is 8.02. The van der Waals surface area contributed by atoms with Gasteiger partial charge in [0.2, 0.25) is 5.91 Å². The number of hydrogen-bond acceptors (Lipinski definition) is 3. The fraction of sp³-hybridized carbons (Fsp3) is 0.833. The molecule has 0 saturated carbocycles. The maximum absolute atomic E-state index is 11.9. The zero-order valence-corrected chi connectivity index (χ0v) is 11.6. The van der Waals surface area contributed by atoms with Crippen molar-refractivity contribution in [3.05, 3.63) is 0 Å². The fourth-order valence-electron chi connectivity index (χ4n) is 1.42. The minimum atomic E-state index is -0.355. The van der Waals surface area contributed by atoms with E-state index in [-0.39, 0.29) is 24.5 Å². The topological polar surface area (TPSA) is 46.6 Å². The molecule has 0 atom stereocenters. The van der Waals surface area contributed by atoms with Gasteiger partial charge in [-0.3, -0.25) is 9.59 Å². The Bertz CT molecular complexity index is 244. The van der Waals surface area contributed by atoms with Crippen LogP contribution in [0.15, 0.2) is 0 Å². The number of carbonyl (C=O) groups is 2. The highest BCUT2D eigenvalue weighted by molar-refractivity contribution is 6.17. The Morgan fingerprint density at radius 2 is 1.94 bits per heavy atom. The minimum absolute atomic E-state index is 0.00269. The molecule has 0 aliphatic heterocycles. The molecular weight excluding hydrogens is 242 g/mol. The summed E-state index contributed by atoms with van der Waals surface area (Å²) in [5, 5.41) is 0. The predicted octanol–water partition coefficient (Wildman–Crippen LogP) is 2.20.